The summed E-state index contributed by atoms with van der Waals surface area (Å²) >= 11 is 1.77. The third-order valence-electron chi connectivity index (χ3n) is 0.968. The molecule has 66 valence electrons. The summed E-state index contributed by atoms with van der Waals surface area (Å²) in [5, 5.41) is 0. The molecule has 0 heterocycles. The largest absolute Gasteiger partial charge is 0.456 e. The van der Waals surface area contributed by atoms with E-state index in [0.717, 1.165) is 0 Å². The maximum absolute atomic E-state index is 10.8. The van der Waals surface area contributed by atoms with Crippen LogP contribution in [-0.4, -0.2) is 28.0 Å². The topological polar surface area (TPSA) is 46.4 Å². The zero-order valence-corrected chi connectivity index (χ0v) is 8.83. The van der Waals surface area contributed by atoms with Crippen LogP contribution in [0.1, 0.15) is 6.92 Å². The van der Waals surface area contributed by atoms with Crippen LogP contribution in [0.4, 0.5) is 0 Å². The van der Waals surface area contributed by atoms with Gasteiger partial charge in [-0.1, -0.05) is 9.37 Å². The van der Waals surface area contributed by atoms with Crippen LogP contribution in [-0.2, 0) is 14.3 Å². The molecule has 0 amide bonds. The molecule has 12 heavy (non-hydrogen) atoms. The van der Waals surface area contributed by atoms with Crippen molar-refractivity contribution in [1.82, 2.24) is 0 Å². The quantitative estimate of drug-likeness (QED) is 0.191. The molecule has 0 aromatic rings. The molecular weight excluding hydrogens is 273 g/mol. The Morgan fingerprint density at radius 2 is 2.33 bits per heavy atom. The molecule has 0 aliphatic rings. The summed E-state index contributed by atoms with van der Waals surface area (Å²) in [5.74, 6) is -0.439. The number of hydrogen-bond donors (Lipinski definition) is 0. The summed E-state index contributed by atoms with van der Waals surface area (Å²) in [6.07, 6.45) is 1.62. The molecule has 0 rings (SSSR count). The van der Waals surface area contributed by atoms with E-state index in [-0.39, 0.29) is 6.61 Å². The highest BCUT2D eigenvalue weighted by Gasteiger charge is 2.05. The van der Waals surface area contributed by atoms with Crippen molar-refractivity contribution < 1.29 is 17.1 Å². The van der Waals surface area contributed by atoms with Gasteiger partial charge >= 0.3 is 34.9 Å². The van der Waals surface area contributed by atoms with Crippen LogP contribution in [0.2, 0.25) is 0 Å². The summed E-state index contributed by atoms with van der Waals surface area (Å²) < 4.78 is 5.95. The number of nitrogens with zero attached hydrogens (tertiary/aromatic N) is 1. The Morgan fingerprint density at radius 3 is 2.75 bits per heavy atom. The van der Waals surface area contributed by atoms with Gasteiger partial charge in [0.25, 0.3) is 0 Å². The number of carbonyl (C=O) groups is 1. The molecule has 0 aromatic carbocycles. The standard InChI is InChI=1S/C7H9INO3/c1-6(2)7(11)12-4-3-9(8)5-10/h1,3-4H2,2H3/q+1. The maximum Gasteiger partial charge on any atom is 0.433 e. The number of rotatable bonds is 4. The smallest absolute Gasteiger partial charge is 0.433 e. The molecule has 0 fully saturated rings. The highest BCUT2D eigenvalue weighted by molar-refractivity contribution is 14.1. The van der Waals surface area contributed by atoms with Crippen molar-refractivity contribution in [1.29, 1.82) is 0 Å². The van der Waals surface area contributed by atoms with Gasteiger partial charge in [-0.15, -0.1) is 0 Å². The first-order valence-corrected chi connectivity index (χ1v) is 4.18. The molecule has 0 spiro atoms. The van der Waals surface area contributed by atoms with Gasteiger partial charge in [0.1, 0.15) is 0 Å². The van der Waals surface area contributed by atoms with Gasteiger partial charge in [0, 0.05) is 5.57 Å². The molecular formula is C7H9INO3+. The molecule has 0 unspecified atom stereocenters. The lowest BCUT2D eigenvalue weighted by Crippen LogP contribution is -2.12. The van der Waals surface area contributed by atoms with Crippen molar-refractivity contribution in [2.24, 2.45) is 0 Å². The summed E-state index contributed by atoms with van der Waals surface area (Å²) in [6.45, 7) is 5.48. The average Bonchev–Trinajstić information content (AvgIpc) is 2.03. The minimum atomic E-state index is -0.439. The number of ether oxygens (including phenoxy) is 1. The van der Waals surface area contributed by atoms with E-state index >= 15 is 0 Å². The molecule has 0 N–H and O–H groups in total. The zero-order chi connectivity index (χ0) is 9.56. The molecule has 0 aliphatic carbocycles. The fourth-order valence-electron chi connectivity index (χ4n) is 0.387. The molecule has 0 radical (unpaired) electrons. The van der Waals surface area contributed by atoms with E-state index in [1.807, 2.05) is 0 Å². The van der Waals surface area contributed by atoms with Crippen LogP contribution in [0.25, 0.3) is 0 Å². The predicted molar refractivity (Wildman–Crippen MR) is 50.6 cm³/mol. The van der Waals surface area contributed by atoms with E-state index in [1.165, 1.54) is 2.79 Å². The maximum atomic E-state index is 10.8. The van der Waals surface area contributed by atoms with E-state index in [4.69, 9.17) is 4.74 Å². The lowest BCUT2D eigenvalue weighted by Gasteiger charge is -1.98. The first kappa shape index (κ1) is 11.3. The van der Waals surface area contributed by atoms with E-state index < -0.39 is 5.97 Å². The monoisotopic (exact) mass is 282 g/mol. The summed E-state index contributed by atoms with van der Waals surface area (Å²) in [6, 6.07) is 0. The summed E-state index contributed by atoms with van der Waals surface area (Å²) in [5.41, 5.74) is 0.352. The third-order valence-corrected chi connectivity index (χ3v) is 1.65. The average molecular weight is 282 g/mol. The van der Waals surface area contributed by atoms with Gasteiger partial charge in [-0.25, -0.2) is 4.79 Å². The molecule has 5 heteroatoms. The normalized spacial score (nSPS) is 8.50. The third kappa shape index (κ3) is 5.03. The zero-order valence-electron chi connectivity index (χ0n) is 6.67. The van der Waals surface area contributed by atoms with Gasteiger partial charge in [0.2, 0.25) is 0 Å². The Morgan fingerprint density at radius 1 is 1.75 bits per heavy atom. The molecule has 0 saturated heterocycles. The molecule has 0 bridgehead atoms. The second kappa shape index (κ2) is 5.91. The van der Waals surface area contributed by atoms with Crippen LogP contribution < -0.4 is 0 Å². The lowest BCUT2D eigenvalue weighted by atomic mass is 10.4. The highest BCUT2D eigenvalue weighted by Crippen LogP contribution is 1.92. The van der Waals surface area contributed by atoms with Crippen molar-refractivity contribution in [2.45, 2.75) is 6.92 Å². The van der Waals surface area contributed by atoms with Gasteiger partial charge in [-0.2, -0.15) is 4.79 Å². The fraction of sp³-hybridized carbons (Fsp3) is 0.429. The number of esters is 1. The molecule has 0 saturated carbocycles. The highest BCUT2D eigenvalue weighted by atomic mass is 127. The Balaban J connectivity index is 3.64. The van der Waals surface area contributed by atoms with E-state index in [1.54, 1.807) is 35.9 Å². The van der Waals surface area contributed by atoms with Crippen molar-refractivity contribution in [3.8, 4) is 0 Å². The number of hydrogen-bond acceptors (Lipinski definition) is 3. The van der Waals surface area contributed by atoms with Crippen molar-refractivity contribution in [3.05, 3.63) is 12.2 Å². The Kier molecular flexibility index (Phi) is 5.57. The second-order valence-electron chi connectivity index (χ2n) is 2.09. The second-order valence-corrected chi connectivity index (χ2v) is 3.26. The van der Waals surface area contributed by atoms with Crippen molar-refractivity contribution in [2.75, 3.05) is 13.2 Å². The Hall–Kier alpha value is -0.680. The molecule has 0 aliphatic heterocycles. The van der Waals surface area contributed by atoms with Crippen LogP contribution in [0, 0.1) is 0 Å². The van der Waals surface area contributed by atoms with Gasteiger partial charge in [-0.3, -0.25) is 0 Å². The Labute approximate surface area is 84.4 Å². The summed E-state index contributed by atoms with van der Waals surface area (Å²) in [7, 11) is 0. The number of carbonyl (C=O) groups excluding carboxylic acids is 2. The number of isocyanates is 1. The van der Waals surface area contributed by atoms with Crippen LogP contribution in [0.5, 0.6) is 0 Å². The first-order chi connectivity index (χ1) is 5.57. The van der Waals surface area contributed by atoms with Crippen LogP contribution in [0.3, 0.4) is 0 Å². The van der Waals surface area contributed by atoms with Crippen LogP contribution in [0.15, 0.2) is 12.2 Å². The van der Waals surface area contributed by atoms with Gasteiger partial charge in [0.05, 0.1) is 0 Å². The van der Waals surface area contributed by atoms with Gasteiger partial charge in [0.15, 0.2) is 13.2 Å². The van der Waals surface area contributed by atoms with Crippen molar-refractivity contribution in [3.63, 3.8) is 0 Å². The van der Waals surface area contributed by atoms with E-state index in [0.29, 0.717) is 12.1 Å². The SMILES string of the molecule is C=C(C)C(=O)OCC[N+](I)=C=O. The Bertz CT molecular complexity index is 243. The minimum Gasteiger partial charge on any atom is -0.456 e. The van der Waals surface area contributed by atoms with Crippen molar-refractivity contribution >= 4 is 34.9 Å². The molecule has 4 nitrogen and oxygen atoms in total. The van der Waals surface area contributed by atoms with Crippen LogP contribution >= 0.6 is 22.9 Å². The minimum absolute atomic E-state index is 0.171. The fourth-order valence-corrected chi connectivity index (χ4v) is 0.584. The first-order valence-electron chi connectivity index (χ1n) is 3.21. The summed E-state index contributed by atoms with van der Waals surface area (Å²) in [4.78, 5) is 20.7. The van der Waals surface area contributed by atoms with Gasteiger partial charge < -0.3 is 4.74 Å². The van der Waals surface area contributed by atoms with E-state index in [9.17, 15) is 9.59 Å². The van der Waals surface area contributed by atoms with E-state index in [2.05, 4.69) is 6.58 Å². The predicted octanol–water partition coefficient (Wildman–Crippen LogP) is 0.804. The molecule has 0 atom stereocenters. The number of halogens is 1. The lowest BCUT2D eigenvalue weighted by molar-refractivity contribution is -0.300. The molecule has 0 aromatic heterocycles. The van der Waals surface area contributed by atoms with Gasteiger partial charge in [-0.05, 0) is 6.92 Å².